The van der Waals surface area contributed by atoms with E-state index < -0.39 is 11.5 Å². The number of nitrogens with zero attached hydrogens (tertiary/aromatic N) is 1. The molecule has 1 heterocycles. The van der Waals surface area contributed by atoms with Crippen molar-refractivity contribution in [2.45, 2.75) is 32.1 Å². The quantitative estimate of drug-likeness (QED) is 0.768. The summed E-state index contributed by atoms with van der Waals surface area (Å²) in [4.78, 5) is 29.0. The maximum atomic E-state index is 13.4. The van der Waals surface area contributed by atoms with Crippen molar-refractivity contribution in [2.75, 3.05) is 0 Å². The van der Waals surface area contributed by atoms with Crippen molar-refractivity contribution in [3.63, 3.8) is 0 Å². The monoisotopic (exact) mass is 350 g/mol. The van der Waals surface area contributed by atoms with Crippen LogP contribution in [0.5, 0.6) is 0 Å². The van der Waals surface area contributed by atoms with Gasteiger partial charge in [0.1, 0.15) is 5.82 Å². The molecule has 0 radical (unpaired) electrons. The van der Waals surface area contributed by atoms with Gasteiger partial charge >= 0.3 is 5.69 Å². The number of rotatable bonds is 2. The molecule has 0 saturated heterocycles. The summed E-state index contributed by atoms with van der Waals surface area (Å²) in [5, 5.41) is 0. The Kier molecular flexibility index (Phi) is 3.68. The lowest BCUT2D eigenvalue weighted by atomic mass is 9.69. The predicted octanol–water partition coefficient (Wildman–Crippen LogP) is 3.56. The van der Waals surface area contributed by atoms with E-state index in [1.54, 1.807) is 0 Å². The maximum Gasteiger partial charge on any atom is 0.333 e. The van der Waals surface area contributed by atoms with E-state index in [9.17, 15) is 14.0 Å². The van der Waals surface area contributed by atoms with Crippen molar-refractivity contribution in [1.29, 1.82) is 0 Å². The van der Waals surface area contributed by atoms with Gasteiger partial charge in [-0.15, -0.1) is 0 Å². The first kappa shape index (κ1) is 16.5. The van der Waals surface area contributed by atoms with Crippen LogP contribution in [-0.2, 0) is 11.8 Å². The number of aromatic nitrogens is 2. The summed E-state index contributed by atoms with van der Waals surface area (Å²) in [5.41, 5.74) is 2.36. The fourth-order valence-corrected chi connectivity index (χ4v) is 3.85. The molecule has 2 aromatic carbocycles. The molecule has 3 aromatic rings. The lowest BCUT2D eigenvalue weighted by Gasteiger charge is -2.35. The second-order valence-electron chi connectivity index (χ2n) is 7.05. The lowest BCUT2D eigenvalue weighted by molar-refractivity contribution is 0.437. The van der Waals surface area contributed by atoms with E-state index in [-0.39, 0.29) is 11.0 Å². The van der Waals surface area contributed by atoms with Crippen molar-refractivity contribution in [3.8, 4) is 16.9 Å². The maximum absolute atomic E-state index is 13.4. The minimum absolute atomic E-state index is 0.339. The zero-order valence-corrected chi connectivity index (χ0v) is 14.7. The van der Waals surface area contributed by atoms with Gasteiger partial charge in [-0.25, -0.2) is 13.8 Å². The Hall–Kier alpha value is -2.95. The smallest absolute Gasteiger partial charge is 0.306 e. The van der Waals surface area contributed by atoms with Crippen molar-refractivity contribution in [3.05, 3.63) is 86.3 Å². The number of benzene rings is 2. The van der Waals surface area contributed by atoms with Gasteiger partial charge in [-0.2, -0.15) is 0 Å². The third-order valence-corrected chi connectivity index (χ3v) is 5.44. The van der Waals surface area contributed by atoms with Crippen molar-refractivity contribution >= 4 is 0 Å². The van der Waals surface area contributed by atoms with Gasteiger partial charge in [0, 0.05) is 16.5 Å². The molecule has 0 amide bonds. The van der Waals surface area contributed by atoms with E-state index in [0.717, 1.165) is 28.5 Å². The Balaban J connectivity index is 2.08. The number of fused-ring (bicyclic) bond motifs is 3. The highest BCUT2D eigenvalue weighted by atomic mass is 19.1. The minimum atomic E-state index is -0.518. The minimum Gasteiger partial charge on any atom is -0.306 e. The van der Waals surface area contributed by atoms with Gasteiger partial charge in [0.05, 0.1) is 11.4 Å². The first-order valence-corrected chi connectivity index (χ1v) is 8.68. The zero-order valence-electron chi connectivity index (χ0n) is 14.7. The molecule has 1 aromatic heterocycles. The van der Waals surface area contributed by atoms with Crippen LogP contribution in [-0.4, -0.2) is 9.55 Å². The van der Waals surface area contributed by atoms with E-state index in [0.29, 0.717) is 16.9 Å². The van der Waals surface area contributed by atoms with Crippen molar-refractivity contribution in [2.24, 2.45) is 0 Å². The molecular weight excluding hydrogens is 331 g/mol. The molecule has 1 N–H and O–H groups in total. The summed E-state index contributed by atoms with van der Waals surface area (Å²) in [5.74, 6) is -0.413. The van der Waals surface area contributed by atoms with E-state index in [1.807, 2.05) is 31.2 Å². The molecule has 1 aliphatic rings. The molecule has 1 unspecified atom stereocenters. The number of hydrogen-bond acceptors (Lipinski definition) is 2. The Bertz CT molecular complexity index is 1110. The Labute approximate surface area is 150 Å². The normalized spacial score (nSPS) is 18.3. The van der Waals surface area contributed by atoms with Crippen molar-refractivity contribution in [1.82, 2.24) is 9.55 Å². The van der Waals surface area contributed by atoms with Gasteiger partial charge < -0.3 is 4.98 Å². The van der Waals surface area contributed by atoms with Gasteiger partial charge in [-0.1, -0.05) is 38.1 Å². The molecule has 4 rings (SSSR count). The van der Waals surface area contributed by atoms with E-state index in [4.69, 9.17) is 0 Å². The van der Waals surface area contributed by atoms with Crippen LogP contribution in [0.4, 0.5) is 4.39 Å². The Morgan fingerprint density at radius 1 is 1.12 bits per heavy atom. The average Bonchev–Trinajstić information content (AvgIpc) is 2.63. The number of halogens is 1. The molecule has 0 spiro atoms. The predicted molar refractivity (Wildman–Crippen MR) is 99.4 cm³/mol. The largest absolute Gasteiger partial charge is 0.333 e. The molecule has 0 aliphatic heterocycles. The summed E-state index contributed by atoms with van der Waals surface area (Å²) in [6.45, 7) is 4.10. The highest BCUT2D eigenvalue weighted by Gasteiger charge is 2.37. The number of aromatic amines is 1. The zero-order chi connectivity index (χ0) is 18.5. The molecule has 0 bridgehead atoms. The third kappa shape index (κ3) is 2.35. The van der Waals surface area contributed by atoms with E-state index >= 15 is 0 Å². The highest BCUT2D eigenvalue weighted by Crippen LogP contribution is 2.41. The number of nitrogens with one attached hydrogen (secondary N) is 1. The molecule has 1 aliphatic carbocycles. The Morgan fingerprint density at radius 2 is 1.81 bits per heavy atom. The second kappa shape index (κ2) is 5.80. The summed E-state index contributed by atoms with van der Waals surface area (Å²) < 4.78 is 14.3. The molecule has 1 atom stereocenters. The molecule has 0 fully saturated rings. The van der Waals surface area contributed by atoms with Gasteiger partial charge in [0.25, 0.3) is 5.56 Å². The van der Waals surface area contributed by atoms with Crippen LogP contribution in [0, 0.1) is 5.82 Å². The molecule has 5 heteroatoms. The number of hydrogen-bond donors (Lipinski definition) is 1. The summed E-state index contributed by atoms with van der Waals surface area (Å²) in [6, 6.07) is 13.2. The number of H-pyrrole nitrogens is 1. The molecular formula is C21H19FN2O2. The van der Waals surface area contributed by atoms with Crippen LogP contribution in [0.1, 0.15) is 31.4 Å². The first-order valence-electron chi connectivity index (χ1n) is 8.68. The third-order valence-electron chi connectivity index (χ3n) is 5.44. The van der Waals surface area contributed by atoms with Gasteiger partial charge in [-0.05, 0) is 42.7 Å². The molecule has 0 saturated carbocycles. The molecule has 132 valence electrons. The first-order chi connectivity index (χ1) is 12.4. The van der Waals surface area contributed by atoms with E-state index in [2.05, 4.69) is 11.9 Å². The average molecular weight is 350 g/mol. The lowest BCUT2D eigenvalue weighted by Crippen LogP contribution is -2.44. The van der Waals surface area contributed by atoms with Crippen molar-refractivity contribution < 1.29 is 4.39 Å². The van der Waals surface area contributed by atoms with Crippen LogP contribution in [0.25, 0.3) is 16.9 Å². The SMILES string of the molecule is CCC1(C)Cc2ccccc2-c2[nH]c(=O)n(-c3ccc(F)cc3)c(=O)c21. The molecule has 4 nitrogen and oxygen atoms in total. The van der Waals surface area contributed by atoms with Gasteiger partial charge in [0.15, 0.2) is 0 Å². The van der Waals surface area contributed by atoms with Gasteiger partial charge in [0.2, 0.25) is 0 Å². The fraction of sp³-hybridized carbons (Fsp3) is 0.238. The van der Waals surface area contributed by atoms with E-state index in [1.165, 1.54) is 24.3 Å². The van der Waals surface area contributed by atoms with Crippen LogP contribution in [0.3, 0.4) is 0 Å². The molecule has 26 heavy (non-hydrogen) atoms. The fourth-order valence-electron chi connectivity index (χ4n) is 3.85. The summed E-state index contributed by atoms with van der Waals surface area (Å²) in [7, 11) is 0. The van der Waals surface area contributed by atoms with Gasteiger partial charge in [-0.3, -0.25) is 4.79 Å². The topological polar surface area (TPSA) is 54.9 Å². The highest BCUT2D eigenvalue weighted by molar-refractivity contribution is 5.71. The second-order valence-corrected chi connectivity index (χ2v) is 7.05. The van der Waals surface area contributed by atoms with Crippen LogP contribution in [0.2, 0.25) is 0 Å². The van der Waals surface area contributed by atoms with Crippen LogP contribution < -0.4 is 11.2 Å². The Morgan fingerprint density at radius 3 is 2.50 bits per heavy atom. The summed E-state index contributed by atoms with van der Waals surface area (Å²) in [6.07, 6.45) is 1.50. The standard InChI is InChI=1S/C21H19FN2O2/c1-3-21(2)12-13-6-4-5-7-16(13)18-17(21)19(25)24(20(26)23-18)15-10-8-14(22)9-11-15/h4-11H,3,12H2,1-2H3,(H,23,26). The van der Waals surface area contributed by atoms with Crippen LogP contribution in [0.15, 0.2) is 58.1 Å². The summed E-state index contributed by atoms with van der Waals surface area (Å²) >= 11 is 0. The van der Waals surface area contributed by atoms with Crippen LogP contribution >= 0.6 is 0 Å².